The average Bonchev–Trinajstić information content (AvgIpc) is 3.18. The van der Waals surface area contributed by atoms with Gasteiger partial charge in [-0.15, -0.1) is 0 Å². The molecule has 1 amide bonds. The minimum absolute atomic E-state index is 0.0813. The highest BCUT2D eigenvalue weighted by Gasteiger charge is 2.39. The summed E-state index contributed by atoms with van der Waals surface area (Å²) < 4.78 is 1.77. The largest absolute Gasteiger partial charge is 0.501 e. The molecule has 1 saturated carbocycles. The Balaban J connectivity index is 1.81. The van der Waals surface area contributed by atoms with Crippen LogP contribution in [-0.4, -0.2) is 39.1 Å². The Morgan fingerprint density at radius 3 is 2.59 bits per heavy atom. The lowest BCUT2D eigenvalue weighted by Crippen LogP contribution is -2.42. The monoisotopic (exact) mass is 395 g/mol. The lowest BCUT2D eigenvalue weighted by molar-refractivity contribution is 0.0737. The molecule has 6 heteroatoms. The molecular weight excluding hydrogens is 366 g/mol. The van der Waals surface area contributed by atoms with E-state index in [0.29, 0.717) is 31.3 Å². The van der Waals surface area contributed by atoms with E-state index in [1.165, 1.54) is 16.0 Å². The van der Waals surface area contributed by atoms with Crippen LogP contribution >= 0.6 is 0 Å². The number of benzene rings is 1. The highest BCUT2D eigenvalue weighted by atomic mass is 16.3. The van der Waals surface area contributed by atoms with Gasteiger partial charge >= 0.3 is 5.56 Å². The molecule has 6 nitrogen and oxygen atoms in total. The van der Waals surface area contributed by atoms with Gasteiger partial charge in [-0.05, 0) is 29.9 Å². The summed E-state index contributed by atoms with van der Waals surface area (Å²) in [6.45, 7) is 5.47. The summed E-state index contributed by atoms with van der Waals surface area (Å²) in [7, 11) is 1.69. The number of likely N-dealkylation sites (N-methyl/N-ethyl adjacent to an activating group) is 1. The van der Waals surface area contributed by atoms with Crippen molar-refractivity contribution in [2.24, 2.45) is 0 Å². The van der Waals surface area contributed by atoms with Crippen LogP contribution in [0.25, 0.3) is 0 Å². The van der Waals surface area contributed by atoms with Crippen LogP contribution < -0.4 is 5.56 Å². The first-order chi connectivity index (χ1) is 13.8. The Hall–Kier alpha value is -2.63. The summed E-state index contributed by atoms with van der Waals surface area (Å²) in [5.41, 5.74) is 1.88. The molecule has 1 aromatic carbocycles. The molecule has 1 aromatic heterocycles. The molecule has 154 valence electrons. The van der Waals surface area contributed by atoms with Crippen LogP contribution in [0.3, 0.4) is 0 Å². The van der Waals surface area contributed by atoms with Gasteiger partial charge in [0, 0.05) is 32.0 Å². The number of rotatable bonds is 4. The number of nitrogens with zero attached hydrogens (tertiary/aromatic N) is 3. The van der Waals surface area contributed by atoms with E-state index in [4.69, 9.17) is 0 Å². The van der Waals surface area contributed by atoms with Crippen molar-refractivity contribution in [1.82, 2.24) is 14.5 Å². The summed E-state index contributed by atoms with van der Waals surface area (Å²) >= 11 is 0. The van der Waals surface area contributed by atoms with E-state index in [2.05, 4.69) is 43.1 Å². The topological polar surface area (TPSA) is 75.4 Å². The van der Waals surface area contributed by atoms with Gasteiger partial charge in [-0.25, -0.2) is 0 Å². The van der Waals surface area contributed by atoms with Crippen LogP contribution in [0.1, 0.15) is 72.9 Å². The van der Waals surface area contributed by atoms with Crippen molar-refractivity contribution in [2.45, 2.75) is 63.8 Å². The van der Waals surface area contributed by atoms with Gasteiger partial charge in [-0.2, -0.15) is 4.98 Å². The predicted molar refractivity (Wildman–Crippen MR) is 112 cm³/mol. The highest BCUT2D eigenvalue weighted by molar-refractivity contribution is 5.95. The quantitative estimate of drug-likeness (QED) is 0.863. The molecule has 2 heterocycles. The zero-order valence-electron chi connectivity index (χ0n) is 17.4. The smallest absolute Gasteiger partial charge is 0.315 e. The molecular formula is C23H29N3O3. The molecule has 0 radical (unpaired) electrons. The normalized spacial score (nSPS) is 18.3. The average molecular weight is 396 g/mol. The molecule has 2 aromatic rings. The SMILES string of the molecule is CC(C)c1cccc(C2(Cc3nc(=O)c(O)c4n3CCN(C)C4=O)CCCC2)c1. The zero-order chi connectivity index (χ0) is 20.8. The first-order valence-electron chi connectivity index (χ1n) is 10.5. The first-order valence-corrected chi connectivity index (χ1v) is 10.5. The van der Waals surface area contributed by atoms with Crippen molar-refractivity contribution in [3.8, 4) is 5.75 Å². The van der Waals surface area contributed by atoms with E-state index in [-0.39, 0.29) is 17.0 Å². The lowest BCUT2D eigenvalue weighted by atomic mass is 9.75. The first kappa shape index (κ1) is 19.7. The third-order valence-corrected chi connectivity index (χ3v) is 6.67. The van der Waals surface area contributed by atoms with E-state index in [9.17, 15) is 14.7 Å². The highest BCUT2D eigenvalue weighted by Crippen LogP contribution is 2.44. The molecule has 0 saturated heterocycles. The Morgan fingerprint density at radius 2 is 1.90 bits per heavy atom. The van der Waals surface area contributed by atoms with Crippen LogP contribution in [-0.2, 0) is 18.4 Å². The molecule has 0 atom stereocenters. The van der Waals surface area contributed by atoms with Gasteiger partial charge in [-0.3, -0.25) is 9.59 Å². The maximum Gasteiger partial charge on any atom is 0.315 e. The van der Waals surface area contributed by atoms with Crippen LogP contribution in [0.15, 0.2) is 29.1 Å². The van der Waals surface area contributed by atoms with Crippen LogP contribution in [0.2, 0.25) is 0 Å². The van der Waals surface area contributed by atoms with Gasteiger partial charge in [0.25, 0.3) is 5.91 Å². The molecule has 0 bridgehead atoms. The Labute approximate surface area is 171 Å². The molecule has 4 rings (SSSR count). The number of amides is 1. The van der Waals surface area contributed by atoms with E-state index in [0.717, 1.165) is 25.7 Å². The second-order valence-electron chi connectivity index (χ2n) is 8.85. The number of aromatic nitrogens is 2. The Kier molecular flexibility index (Phi) is 4.97. The lowest BCUT2D eigenvalue weighted by Gasteiger charge is -2.33. The third kappa shape index (κ3) is 3.34. The maximum absolute atomic E-state index is 12.6. The van der Waals surface area contributed by atoms with Crippen molar-refractivity contribution < 1.29 is 9.90 Å². The van der Waals surface area contributed by atoms with E-state index in [1.54, 1.807) is 11.6 Å². The van der Waals surface area contributed by atoms with Crippen LogP contribution in [0.4, 0.5) is 0 Å². The summed E-state index contributed by atoms with van der Waals surface area (Å²) in [4.78, 5) is 30.8. The molecule has 29 heavy (non-hydrogen) atoms. The van der Waals surface area contributed by atoms with Gasteiger partial charge in [0.1, 0.15) is 5.82 Å². The standard InChI is InChI=1S/C23H29N3O3/c1-15(2)16-7-6-8-17(13-16)23(9-4-5-10-23)14-18-24-21(28)20(27)19-22(29)25(3)11-12-26(18)19/h6-8,13,15,27H,4-5,9-12,14H2,1-3H3. The Bertz CT molecular complexity index is 1000. The predicted octanol–water partition coefficient (Wildman–Crippen LogP) is 3.21. The van der Waals surface area contributed by atoms with Gasteiger partial charge < -0.3 is 14.6 Å². The van der Waals surface area contributed by atoms with E-state index < -0.39 is 11.3 Å². The fourth-order valence-electron chi connectivity index (χ4n) is 4.86. The Morgan fingerprint density at radius 1 is 1.17 bits per heavy atom. The zero-order valence-corrected chi connectivity index (χ0v) is 17.4. The van der Waals surface area contributed by atoms with Gasteiger partial charge in [0.05, 0.1) is 0 Å². The number of fused-ring (bicyclic) bond motifs is 1. The number of carbonyl (C=O) groups is 1. The van der Waals surface area contributed by atoms with Crippen LogP contribution in [0, 0.1) is 0 Å². The van der Waals surface area contributed by atoms with Crippen LogP contribution in [0.5, 0.6) is 5.75 Å². The summed E-state index contributed by atoms with van der Waals surface area (Å²) in [5.74, 6) is 0.203. The van der Waals surface area contributed by atoms with Gasteiger partial charge in [0.15, 0.2) is 5.69 Å². The van der Waals surface area contributed by atoms with Crippen molar-refractivity contribution >= 4 is 5.91 Å². The molecule has 1 aliphatic heterocycles. The minimum Gasteiger partial charge on any atom is -0.501 e. The molecule has 1 N–H and O–H groups in total. The summed E-state index contributed by atoms with van der Waals surface area (Å²) in [5, 5.41) is 10.3. The number of aromatic hydroxyl groups is 1. The van der Waals surface area contributed by atoms with E-state index in [1.807, 2.05) is 0 Å². The van der Waals surface area contributed by atoms with Crippen molar-refractivity contribution in [3.05, 3.63) is 57.3 Å². The third-order valence-electron chi connectivity index (χ3n) is 6.67. The van der Waals surface area contributed by atoms with Crippen molar-refractivity contribution in [3.63, 3.8) is 0 Å². The van der Waals surface area contributed by atoms with Gasteiger partial charge in [-0.1, -0.05) is 51.0 Å². The fourth-order valence-corrected chi connectivity index (χ4v) is 4.86. The maximum atomic E-state index is 12.6. The number of hydrogen-bond acceptors (Lipinski definition) is 4. The second-order valence-corrected chi connectivity index (χ2v) is 8.85. The molecule has 1 aliphatic carbocycles. The number of carbonyl (C=O) groups excluding carboxylic acids is 1. The molecule has 2 aliphatic rings. The summed E-state index contributed by atoms with van der Waals surface area (Å²) in [6, 6.07) is 8.77. The van der Waals surface area contributed by atoms with E-state index >= 15 is 0 Å². The molecule has 0 spiro atoms. The summed E-state index contributed by atoms with van der Waals surface area (Å²) in [6.07, 6.45) is 4.96. The second kappa shape index (κ2) is 7.32. The molecule has 1 fully saturated rings. The van der Waals surface area contributed by atoms with Crippen molar-refractivity contribution in [1.29, 1.82) is 0 Å². The molecule has 0 unspecified atom stereocenters. The van der Waals surface area contributed by atoms with Crippen molar-refractivity contribution in [2.75, 3.05) is 13.6 Å². The number of hydrogen-bond donors (Lipinski definition) is 1. The fraction of sp³-hybridized carbons (Fsp3) is 0.522. The minimum atomic E-state index is -0.709. The van der Waals surface area contributed by atoms with Gasteiger partial charge in [0.2, 0.25) is 5.75 Å².